The van der Waals surface area contributed by atoms with Crippen molar-refractivity contribution < 1.29 is 23.4 Å². The molecule has 0 fully saturated rings. The summed E-state index contributed by atoms with van der Waals surface area (Å²) in [6.45, 7) is 0.720. The van der Waals surface area contributed by atoms with Gasteiger partial charge in [0, 0.05) is 31.3 Å². The summed E-state index contributed by atoms with van der Waals surface area (Å²) in [5.41, 5.74) is 3.72. The van der Waals surface area contributed by atoms with Crippen LogP contribution in [0, 0.1) is 5.82 Å². The number of ether oxygens (including phenoxy) is 3. The molecule has 8 heteroatoms. The number of unbranched alkanes of at least 4 members (excludes halogenated alkanes) is 2. The summed E-state index contributed by atoms with van der Waals surface area (Å²) in [5.74, 6) is 1.57. The van der Waals surface area contributed by atoms with Crippen LogP contribution in [0.15, 0.2) is 42.5 Å². The first-order valence-electron chi connectivity index (χ1n) is 11.8. The lowest BCUT2D eigenvalue weighted by atomic mass is 10.1. The Kier molecular flexibility index (Phi) is 9.52. The van der Waals surface area contributed by atoms with Gasteiger partial charge in [0.25, 0.3) is 0 Å². The van der Waals surface area contributed by atoms with Gasteiger partial charge in [0.15, 0.2) is 11.5 Å². The van der Waals surface area contributed by atoms with Gasteiger partial charge in [-0.05, 0) is 73.7 Å². The molecule has 0 spiro atoms. The van der Waals surface area contributed by atoms with Crippen LogP contribution in [-0.2, 0) is 17.6 Å². The van der Waals surface area contributed by atoms with Crippen LogP contribution in [0.3, 0.4) is 0 Å². The number of hydrogen-bond donors (Lipinski definition) is 1. The molecule has 188 valence electrons. The van der Waals surface area contributed by atoms with Crippen LogP contribution in [0.5, 0.6) is 17.2 Å². The number of nitrogens with zero attached hydrogens (tertiary/aromatic N) is 2. The van der Waals surface area contributed by atoms with Gasteiger partial charge in [0.2, 0.25) is 11.7 Å². The molecule has 0 aliphatic rings. The van der Waals surface area contributed by atoms with E-state index in [9.17, 15) is 9.18 Å². The van der Waals surface area contributed by atoms with Gasteiger partial charge in [-0.1, -0.05) is 6.42 Å². The molecule has 1 aromatic heterocycles. The summed E-state index contributed by atoms with van der Waals surface area (Å²) >= 11 is 0. The minimum absolute atomic E-state index is 0.108. The highest BCUT2D eigenvalue weighted by Gasteiger charge is 2.15. The van der Waals surface area contributed by atoms with Crippen LogP contribution in [0.2, 0.25) is 0 Å². The van der Waals surface area contributed by atoms with Crippen molar-refractivity contribution in [3.05, 3.63) is 59.5 Å². The van der Waals surface area contributed by atoms with Crippen LogP contribution >= 0.6 is 0 Å². The van der Waals surface area contributed by atoms with Gasteiger partial charge >= 0.3 is 0 Å². The molecule has 0 atom stereocenters. The number of halogens is 1. The minimum atomic E-state index is -0.255. The third-order valence-electron chi connectivity index (χ3n) is 5.99. The van der Waals surface area contributed by atoms with Crippen molar-refractivity contribution in [1.29, 1.82) is 0 Å². The maximum Gasteiger partial charge on any atom is 0.222 e. The SMILES string of the molecule is COc1cc(CCC(=O)N(C)CCCCCc2cc(-c3ccc(F)cc3)n[nH]2)cc(OC)c1OC. The molecule has 7 nitrogen and oxygen atoms in total. The number of aromatic nitrogens is 2. The fourth-order valence-electron chi connectivity index (χ4n) is 3.95. The van der Waals surface area contributed by atoms with Gasteiger partial charge in [0.1, 0.15) is 5.82 Å². The zero-order chi connectivity index (χ0) is 25.2. The van der Waals surface area contributed by atoms with Crippen molar-refractivity contribution in [2.45, 2.75) is 38.5 Å². The molecule has 1 N–H and O–H groups in total. The van der Waals surface area contributed by atoms with E-state index in [0.717, 1.165) is 54.7 Å². The lowest BCUT2D eigenvalue weighted by Crippen LogP contribution is -2.27. The summed E-state index contributed by atoms with van der Waals surface area (Å²) in [6, 6.07) is 12.1. The summed E-state index contributed by atoms with van der Waals surface area (Å²) in [5, 5.41) is 7.38. The Morgan fingerprint density at radius 3 is 2.26 bits per heavy atom. The van der Waals surface area contributed by atoms with Crippen LogP contribution in [0.4, 0.5) is 4.39 Å². The number of methoxy groups -OCH3 is 3. The van der Waals surface area contributed by atoms with Gasteiger partial charge in [-0.25, -0.2) is 4.39 Å². The number of aryl methyl sites for hydroxylation is 2. The van der Waals surface area contributed by atoms with E-state index in [1.807, 2.05) is 25.2 Å². The zero-order valence-electron chi connectivity index (χ0n) is 20.9. The monoisotopic (exact) mass is 483 g/mol. The number of amides is 1. The van der Waals surface area contributed by atoms with Gasteiger partial charge in [-0.2, -0.15) is 5.10 Å². The van der Waals surface area contributed by atoms with E-state index in [-0.39, 0.29) is 11.7 Å². The second-order valence-corrected chi connectivity index (χ2v) is 8.44. The fraction of sp³-hybridized carbons (Fsp3) is 0.407. The summed E-state index contributed by atoms with van der Waals surface area (Å²) in [7, 11) is 6.58. The Morgan fingerprint density at radius 1 is 0.943 bits per heavy atom. The molecule has 0 radical (unpaired) electrons. The lowest BCUT2D eigenvalue weighted by molar-refractivity contribution is -0.129. The number of benzene rings is 2. The third kappa shape index (κ3) is 7.21. The number of carbonyl (C=O) groups excluding carboxylic acids is 1. The first-order chi connectivity index (χ1) is 16.9. The number of hydrogen-bond acceptors (Lipinski definition) is 5. The Hall–Kier alpha value is -3.55. The molecule has 35 heavy (non-hydrogen) atoms. The Bertz CT molecular complexity index is 1070. The minimum Gasteiger partial charge on any atom is -0.493 e. The summed E-state index contributed by atoms with van der Waals surface area (Å²) in [4.78, 5) is 14.4. The normalized spacial score (nSPS) is 10.8. The molecular weight excluding hydrogens is 449 g/mol. The van der Waals surface area contributed by atoms with E-state index in [4.69, 9.17) is 14.2 Å². The second-order valence-electron chi connectivity index (χ2n) is 8.44. The molecule has 0 bridgehead atoms. The van der Waals surface area contributed by atoms with Crippen molar-refractivity contribution in [3.8, 4) is 28.5 Å². The van der Waals surface area contributed by atoms with E-state index in [1.54, 1.807) is 38.4 Å². The first-order valence-corrected chi connectivity index (χ1v) is 11.8. The molecule has 0 aliphatic carbocycles. The van der Waals surface area contributed by atoms with E-state index >= 15 is 0 Å². The van der Waals surface area contributed by atoms with Crippen molar-refractivity contribution in [2.75, 3.05) is 34.9 Å². The summed E-state index contributed by atoms with van der Waals surface area (Å²) in [6.07, 6.45) is 4.83. The van der Waals surface area contributed by atoms with E-state index in [1.165, 1.54) is 12.1 Å². The molecule has 1 amide bonds. The number of H-pyrrole nitrogens is 1. The third-order valence-corrected chi connectivity index (χ3v) is 5.99. The highest BCUT2D eigenvalue weighted by Crippen LogP contribution is 2.38. The molecule has 0 unspecified atom stereocenters. The fourth-order valence-corrected chi connectivity index (χ4v) is 3.95. The number of rotatable bonds is 13. The summed E-state index contributed by atoms with van der Waals surface area (Å²) < 4.78 is 29.2. The highest BCUT2D eigenvalue weighted by atomic mass is 19.1. The number of nitrogens with one attached hydrogen (secondary N) is 1. The molecule has 3 rings (SSSR count). The molecule has 2 aromatic carbocycles. The van der Waals surface area contributed by atoms with E-state index < -0.39 is 0 Å². The predicted molar refractivity (Wildman–Crippen MR) is 134 cm³/mol. The van der Waals surface area contributed by atoms with Crippen molar-refractivity contribution in [2.24, 2.45) is 0 Å². The standard InChI is InChI=1S/C27H34FN3O4/c1-31(26(32)14-9-19-16-24(33-2)27(35-4)25(17-19)34-3)15-7-5-6-8-22-18-23(30-29-22)20-10-12-21(28)13-11-20/h10-13,16-18H,5-9,14-15H2,1-4H3,(H,29,30). The predicted octanol–water partition coefficient (Wildman–Crippen LogP) is 5.05. The molecule has 3 aromatic rings. The maximum absolute atomic E-state index is 13.1. The Labute approximate surface area is 206 Å². The maximum atomic E-state index is 13.1. The van der Waals surface area contributed by atoms with Crippen LogP contribution in [0.1, 0.15) is 36.9 Å². The molecule has 0 saturated heterocycles. The van der Waals surface area contributed by atoms with Crippen molar-refractivity contribution in [3.63, 3.8) is 0 Å². The molecule has 1 heterocycles. The Morgan fingerprint density at radius 2 is 1.63 bits per heavy atom. The van der Waals surface area contributed by atoms with E-state index in [0.29, 0.717) is 30.1 Å². The van der Waals surface area contributed by atoms with Gasteiger partial charge in [-0.3, -0.25) is 9.89 Å². The van der Waals surface area contributed by atoms with Crippen molar-refractivity contribution in [1.82, 2.24) is 15.1 Å². The van der Waals surface area contributed by atoms with Crippen LogP contribution in [0.25, 0.3) is 11.3 Å². The first kappa shape index (κ1) is 26.1. The zero-order valence-corrected chi connectivity index (χ0v) is 20.9. The Balaban J connectivity index is 1.38. The van der Waals surface area contributed by atoms with Crippen LogP contribution in [-0.4, -0.2) is 55.9 Å². The topological polar surface area (TPSA) is 76.7 Å². The second kappa shape index (κ2) is 12.8. The largest absolute Gasteiger partial charge is 0.493 e. The van der Waals surface area contributed by atoms with Crippen LogP contribution < -0.4 is 14.2 Å². The smallest absolute Gasteiger partial charge is 0.222 e. The number of aromatic amines is 1. The average molecular weight is 484 g/mol. The molecular formula is C27H34FN3O4. The highest BCUT2D eigenvalue weighted by molar-refractivity contribution is 5.76. The van der Waals surface area contributed by atoms with E-state index in [2.05, 4.69) is 10.2 Å². The average Bonchev–Trinajstić information content (AvgIpc) is 3.35. The number of carbonyl (C=O) groups is 1. The van der Waals surface area contributed by atoms with Crippen molar-refractivity contribution >= 4 is 5.91 Å². The molecule has 0 aliphatic heterocycles. The molecule has 0 saturated carbocycles. The lowest BCUT2D eigenvalue weighted by Gasteiger charge is -2.18. The van der Waals surface area contributed by atoms with Gasteiger partial charge < -0.3 is 19.1 Å². The van der Waals surface area contributed by atoms with Gasteiger partial charge in [-0.15, -0.1) is 0 Å². The quantitative estimate of drug-likeness (QED) is 0.345. The van der Waals surface area contributed by atoms with Gasteiger partial charge in [0.05, 0.1) is 27.0 Å².